The van der Waals surface area contributed by atoms with E-state index in [2.05, 4.69) is 79.1 Å². The van der Waals surface area contributed by atoms with Crippen LogP contribution in [0.25, 0.3) is 11.1 Å². The highest BCUT2D eigenvalue weighted by Crippen LogP contribution is 2.20. The lowest BCUT2D eigenvalue weighted by molar-refractivity contribution is 0.922. The van der Waals surface area contributed by atoms with Crippen molar-refractivity contribution in [2.24, 2.45) is 0 Å². The third-order valence-corrected chi connectivity index (χ3v) is 4.22. The molecule has 0 aliphatic heterocycles. The Kier molecular flexibility index (Phi) is 5.92. The van der Waals surface area contributed by atoms with E-state index in [1.54, 1.807) is 0 Å². The van der Waals surface area contributed by atoms with E-state index in [0.717, 1.165) is 23.1 Å². The van der Waals surface area contributed by atoms with Gasteiger partial charge in [0.1, 0.15) is 0 Å². The van der Waals surface area contributed by atoms with Gasteiger partial charge in [-0.2, -0.15) is 0 Å². The minimum Gasteiger partial charge on any atom is -0.101 e. The second kappa shape index (κ2) is 8.75. The molecule has 0 bridgehead atoms. The summed E-state index contributed by atoms with van der Waals surface area (Å²) in [5, 5.41) is 0. The van der Waals surface area contributed by atoms with Crippen LogP contribution in [0.1, 0.15) is 42.5 Å². The van der Waals surface area contributed by atoms with Crippen LogP contribution in [0.5, 0.6) is 0 Å². The topological polar surface area (TPSA) is 0 Å². The summed E-state index contributed by atoms with van der Waals surface area (Å²) in [6.45, 7) is 4.05. The summed E-state index contributed by atoms with van der Waals surface area (Å²) in [7, 11) is 0. The van der Waals surface area contributed by atoms with Crippen molar-refractivity contribution in [2.75, 3.05) is 0 Å². The summed E-state index contributed by atoms with van der Waals surface area (Å²) < 4.78 is 0. The minimum absolute atomic E-state index is 1.00. The van der Waals surface area contributed by atoms with Gasteiger partial charge in [-0.25, -0.2) is 0 Å². The maximum absolute atomic E-state index is 3.23. The highest BCUT2D eigenvalue weighted by atomic mass is 14.0. The first kappa shape index (κ1) is 17.6. The molecule has 0 nitrogen and oxygen atoms in total. The molecule has 0 aromatic heterocycles. The molecule has 0 aliphatic carbocycles. The monoisotopic (exact) mass is 334 g/mol. The second-order valence-corrected chi connectivity index (χ2v) is 6.23. The molecule has 0 heterocycles. The van der Waals surface area contributed by atoms with Crippen molar-refractivity contribution in [3.05, 3.63) is 95.1 Å². The normalized spacial score (nSPS) is 9.62. The summed E-state index contributed by atoms with van der Waals surface area (Å²) in [6.07, 6.45) is 2.32. The Hall–Kier alpha value is -3.22. The third-order valence-electron chi connectivity index (χ3n) is 4.22. The molecule has 3 rings (SSSR count). The van der Waals surface area contributed by atoms with E-state index in [1.165, 1.54) is 23.1 Å². The van der Waals surface area contributed by atoms with Gasteiger partial charge in [-0.1, -0.05) is 67.5 Å². The average molecular weight is 334 g/mol. The fourth-order valence-electron chi connectivity index (χ4n) is 2.82. The molecule has 0 saturated heterocycles. The number of benzene rings is 3. The molecular formula is C26H22. The van der Waals surface area contributed by atoms with E-state index in [9.17, 15) is 0 Å². The van der Waals surface area contributed by atoms with E-state index >= 15 is 0 Å². The molecule has 0 fully saturated rings. The fraction of sp³-hybridized carbons (Fsp3) is 0.154. The maximum atomic E-state index is 3.23. The molecule has 26 heavy (non-hydrogen) atoms. The van der Waals surface area contributed by atoms with Gasteiger partial charge in [0, 0.05) is 16.7 Å². The molecule has 0 spiro atoms. The Morgan fingerprint density at radius 2 is 1.00 bits per heavy atom. The van der Waals surface area contributed by atoms with Gasteiger partial charge in [-0.15, -0.1) is 5.92 Å². The van der Waals surface area contributed by atoms with Gasteiger partial charge in [0.05, 0.1) is 0 Å². The van der Waals surface area contributed by atoms with Crippen LogP contribution in [0, 0.1) is 23.7 Å². The Balaban J connectivity index is 1.72. The first-order valence-electron chi connectivity index (χ1n) is 9.02. The SMILES string of the molecule is CC#Cc1ccc(C#Cc2ccc(-c3ccc(CCC)cc3)cc2)cc1. The predicted octanol–water partition coefficient (Wildman–Crippen LogP) is 6.08. The molecule has 0 aliphatic rings. The summed E-state index contributed by atoms with van der Waals surface area (Å²) >= 11 is 0. The average Bonchev–Trinajstić information content (AvgIpc) is 2.69. The van der Waals surface area contributed by atoms with E-state index in [1.807, 2.05) is 31.2 Å². The van der Waals surface area contributed by atoms with Crippen molar-refractivity contribution in [1.29, 1.82) is 0 Å². The number of hydrogen-bond donors (Lipinski definition) is 0. The van der Waals surface area contributed by atoms with Crippen molar-refractivity contribution in [2.45, 2.75) is 26.7 Å². The highest BCUT2D eigenvalue weighted by Gasteiger charge is 1.98. The maximum Gasteiger partial charge on any atom is 0.0249 e. The van der Waals surface area contributed by atoms with Gasteiger partial charge >= 0.3 is 0 Å². The van der Waals surface area contributed by atoms with Crippen LogP contribution >= 0.6 is 0 Å². The van der Waals surface area contributed by atoms with Crippen molar-refractivity contribution in [3.8, 4) is 34.8 Å². The predicted molar refractivity (Wildman–Crippen MR) is 111 cm³/mol. The molecule has 3 aromatic carbocycles. The first-order valence-corrected chi connectivity index (χ1v) is 9.02. The van der Waals surface area contributed by atoms with E-state index in [4.69, 9.17) is 0 Å². The lowest BCUT2D eigenvalue weighted by atomic mass is 10.0. The van der Waals surface area contributed by atoms with Crippen LogP contribution in [0.2, 0.25) is 0 Å². The van der Waals surface area contributed by atoms with Gasteiger partial charge in [0.2, 0.25) is 0 Å². The minimum atomic E-state index is 1.00. The number of aryl methyl sites for hydroxylation is 1. The first-order chi connectivity index (χ1) is 12.8. The summed E-state index contributed by atoms with van der Waals surface area (Å²) in [4.78, 5) is 0. The molecule has 0 amide bonds. The molecular weight excluding hydrogens is 312 g/mol. The molecule has 0 saturated carbocycles. The van der Waals surface area contributed by atoms with Crippen LogP contribution in [0.4, 0.5) is 0 Å². The van der Waals surface area contributed by atoms with Gasteiger partial charge in [-0.05, 0) is 66.4 Å². The van der Waals surface area contributed by atoms with Crippen LogP contribution in [-0.4, -0.2) is 0 Å². The molecule has 0 atom stereocenters. The Labute approximate surface area is 156 Å². The molecule has 0 radical (unpaired) electrons. The fourth-order valence-corrected chi connectivity index (χ4v) is 2.82. The molecule has 0 N–H and O–H groups in total. The van der Waals surface area contributed by atoms with Crippen LogP contribution in [0.3, 0.4) is 0 Å². The van der Waals surface area contributed by atoms with E-state index < -0.39 is 0 Å². The van der Waals surface area contributed by atoms with Crippen LogP contribution < -0.4 is 0 Å². The van der Waals surface area contributed by atoms with Crippen LogP contribution in [-0.2, 0) is 6.42 Å². The smallest absolute Gasteiger partial charge is 0.0249 e. The summed E-state index contributed by atoms with van der Waals surface area (Å²) in [6, 6.07) is 25.3. The summed E-state index contributed by atoms with van der Waals surface area (Å²) in [5.74, 6) is 12.4. The van der Waals surface area contributed by atoms with Crippen LogP contribution in [0.15, 0.2) is 72.8 Å². The highest BCUT2D eigenvalue weighted by molar-refractivity contribution is 5.64. The van der Waals surface area contributed by atoms with Gasteiger partial charge in [-0.3, -0.25) is 0 Å². The van der Waals surface area contributed by atoms with Gasteiger partial charge < -0.3 is 0 Å². The van der Waals surface area contributed by atoms with Crippen molar-refractivity contribution in [3.63, 3.8) is 0 Å². The lowest BCUT2D eigenvalue weighted by Gasteiger charge is -2.04. The van der Waals surface area contributed by atoms with Gasteiger partial charge in [0.15, 0.2) is 0 Å². The Morgan fingerprint density at radius 1 is 0.577 bits per heavy atom. The van der Waals surface area contributed by atoms with Gasteiger partial charge in [0.25, 0.3) is 0 Å². The van der Waals surface area contributed by atoms with E-state index in [-0.39, 0.29) is 0 Å². The molecule has 126 valence electrons. The van der Waals surface area contributed by atoms with Crippen molar-refractivity contribution >= 4 is 0 Å². The zero-order valence-corrected chi connectivity index (χ0v) is 15.3. The van der Waals surface area contributed by atoms with E-state index in [0.29, 0.717) is 0 Å². The van der Waals surface area contributed by atoms with Crippen molar-refractivity contribution in [1.82, 2.24) is 0 Å². The number of hydrogen-bond acceptors (Lipinski definition) is 0. The lowest BCUT2D eigenvalue weighted by Crippen LogP contribution is -1.84. The Bertz CT molecular complexity index is 965. The standard InChI is InChI=1S/C26H22/c1-3-5-21-7-9-23(10-8-21)11-12-24-15-19-26(20-16-24)25-17-13-22(6-4-2)14-18-25/h7-10,13-20H,4,6H2,1-2H3. The van der Waals surface area contributed by atoms with Crippen molar-refractivity contribution < 1.29 is 0 Å². The zero-order chi connectivity index (χ0) is 18.2. The second-order valence-electron chi connectivity index (χ2n) is 6.23. The molecule has 0 unspecified atom stereocenters. The summed E-state index contributed by atoms with van der Waals surface area (Å²) in [5.41, 5.74) is 6.91. The quantitative estimate of drug-likeness (QED) is 0.509. The largest absolute Gasteiger partial charge is 0.101 e. The third kappa shape index (κ3) is 4.66. The zero-order valence-electron chi connectivity index (χ0n) is 15.3. The number of rotatable bonds is 3. The molecule has 0 heteroatoms. The Morgan fingerprint density at radius 3 is 1.46 bits per heavy atom. The molecule has 3 aromatic rings.